The van der Waals surface area contributed by atoms with Gasteiger partial charge in [0.15, 0.2) is 0 Å². The fourth-order valence-electron chi connectivity index (χ4n) is 1.01. The summed E-state index contributed by atoms with van der Waals surface area (Å²) >= 11 is 5.10. The molecular formula is C8H14BrClN2S. The normalized spacial score (nSPS) is 12.2. The van der Waals surface area contributed by atoms with Crippen molar-refractivity contribution in [2.45, 2.75) is 18.9 Å². The Bertz CT molecular complexity index is 242. The molecule has 0 saturated heterocycles. The zero-order valence-corrected chi connectivity index (χ0v) is 10.4. The average molecular weight is 286 g/mol. The summed E-state index contributed by atoms with van der Waals surface area (Å²) in [6.07, 6.45) is 1.97. The van der Waals surface area contributed by atoms with Crippen molar-refractivity contribution in [2.24, 2.45) is 11.5 Å². The lowest BCUT2D eigenvalue weighted by molar-refractivity contribution is 0.626. The van der Waals surface area contributed by atoms with Gasteiger partial charge in [-0.15, -0.1) is 23.7 Å². The fraction of sp³-hybridized carbons (Fsp3) is 0.500. The first kappa shape index (κ1) is 13.4. The van der Waals surface area contributed by atoms with Crippen LogP contribution >= 0.6 is 39.7 Å². The van der Waals surface area contributed by atoms with Crippen LogP contribution in [0.3, 0.4) is 0 Å². The van der Waals surface area contributed by atoms with E-state index >= 15 is 0 Å². The highest BCUT2D eigenvalue weighted by Gasteiger charge is 2.07. The van der Waals surface area contributed by atoms with Crippen LogP contribution < -0.4 is 11.5 Å². The van der Waals surface area contributed by atoms with E-state index in [1.54, 1.807) is 11.3 Å². The average Bonchev–Trinajstić information content (AvgIpc) is 2.47. The van der Waals surface area contributed by atoms with Crippen molar-refractivity contribution in [3.63, 3.8) is 0 Å². The standard InChI is InChI=1S/C8H13BrN2S.ClH/c9-8-4-3-7(12-8)6(11)2-1-5-10;/h3-4,6H,1-2,5,10-11H2;1H/t6-;/m0./s1. The van der Waals surface area contributed by atoms with E-state index in [9.17, 15) is 0 Å². The van der Waals surface area contributed by atoms with Crippen LogP contribution in [0.5, 0.6) is 0 Å². The highest BCUT2D eigenvalue weighted by molar-refractivity contribution is 9.11. The molecule has 0 fully saturated rings. The number of hydrogen-bond acceptors (Lipinski definition) is 3. The highest BCUT2D eigenvalue weighted by atomic mass is 79.9. The monoisotopic (exact) mass is 284 g/mol. The number of nitrogens with two attached hydrogens (primary N) is 2. The Labute approximate surface area is 97.2 Å². The third-order valence-corrected chi connectivity index (χ3v) is 3.43. The van der Waals surface area contributed by atoms with Crippen LogP contribution in [0.15, 0.2) is 15.9 Å². The Morgan fingerprint density at radius 3 is 2.62 bits per heavy atom. The van der Waals surface area contributed by atoms with Crippen LogP contribution in [0, 0.1) is 0 Å². The van der Waals surface area contributed by atoms with Gasteiger partial charge in [-0.25, -0.2) is 0 Å². The van der Waals surface area contributed by atoms with Crippen molar-refractivity contribution < 1.29 is 0 Å². The molecule has 4 N–H and O–H groups in total. The molecule has 0 bridgehead atoms. The van der Waals surface area contributed by atoms with Gasteiger partial charge in [0.1, 0.15) is 0 Å². The minimum Gasteiger partial charge on any atom is -0.330 e. The second-order valence-corrected chi connectivity index (χ2v) is 5.17. The summed E-state index contributed by atoms with van der Waals surface area (Å²) in [6.45, 7) is 0.722. The summed E-state index contributed by atoms with van der Waals surface area (Å²) in [7, 11) is 0. The van der Waals surface area contributed by atoms with E-state index < -0.39 is 0 Å². The maximum Gasteiger partial charge on any atom is 0.0701 e. The molecule has 0 amide bonds. The van der Waals surface area contributed by atoms with Crippen molar-refractivity contribution in [1.29, 1.82) is 0 Å². The van der Waals surface area contributed by atoms with Crippen LogP contribution in [0.25, 0.3) is 0 Å². The molecular weight excluding hydrogens is 272 g/mol. The van der Waals surface area contributed by atoms with Crippen LogP contribution in [0.2, 0.25) is 0 Å². The predicted octanol–water partition coefficient (Wildman–Crippen LogP) is 2.67. The Morgan fingerprint density at radius 2 is 2.15 bits per heavy atom. The van der Waals surface area contributed by atoms with Crippen molar-refractivity contribution in [3.8, 4) is 0 Å². The lowest BCUT2D eigenvalue weighted by Gasteiger charge is -2.07. The molecule has 1 rings (SSSR count). The molecule has 0 spiro atoms. The lowest BCUT2D eigenvalue weighted by Crippen LogP contribution is -2.10. The molecule has 0 radical (unpaired) electrons. The topological polar surface area (TPSA) is 52.0 Å². The van der Waals surface area contributed by atoms with Crippen LogP contribution in [-0.2, 0) is 0 Å². The predicted molar refractivity (Wildman–Crippen MR) is 64.5 cm³/mol. The molecule has 1 atom stereocenters. The molecule has 1 heterocycles. The summed E-state index contributed by atoms with van der Waals surface area (Å²) in [5.41, 5.74) is 11.3. The fourth-order valence-corrected chi connectivity index (χ4v) is 2.47. The van der Waals surface area contributed by atoms with Gasteiger partial charge in [0.25, 0.3) is 0 Å². The highest BCUT2D eigenvalue weighted by Crippen LogP contribution is 2.27. The Balaban J connectivity index is 0.00000144. The second kappa shape index (κ2) is 6.79. The molecule has 0 aliphatic carbocycles. The molecule has 0 aromatic carbocycles. The van der Waals surface area contributed by atoms with Gasteiger partial charge in [0.05, 0.1) is 3.79 Å². The molecule has 5 heteroatoms. The van der Waals surface area contributed by atoms with Crippen molar-refractivity contribution >= 4 is 39.7 Å². The first-order valence-corrected chi connectivity index (χ1v) is 5.56. The second-order valence-electron chi connectivity index (χ2n) is 2.68. The van der Waals surface area contributed by atoms with E-state index in [4.69, 9.17) is 11.5 Å². The zero-order valence-electron chi connectivity index (χ0n) is 7.20. The molecule has 13 heavy (non-hydrogen) atoms. The summed E-state index contributed by atoms with van der Waals surface area (Å²) in [5.74, 6) is 0. The Hall–Kier alpha value is 0.390. The quantitative estimate of drug-likeness (QED) is 0.893. The van der Waals surface area contributed by atoms with E-state index in [2.05, 4.69) is 22.0 Å². The SMILES string of the molecule is Cl.NCCC[C@H](N)c1ccc(Br)s1. The van der Waals surface area contributed by atoms with Gasteiger partial charge in [0, 0.05) is 10.9 Å². The van der Waals surface area contributed by atoms with Crippen LogP contribution in [0.1, 0.15) is 23.8 Å². The molecule has 0 aliphatic rings. The van der Waals surface area contributed by atoms with Gasteiger partial charge >= 0.3 is 0 Å². The third kappa shape index (κ3) is 4.42. The van der Waals surface area contributed by atoms with Gasteiger partial charge in [-0.1, -0.05) is 0 Å². The van der Waals surface area contributed by atoms with E-state index in [0.29, 0.717) is 0 Å². The van der Waals surface area contributed by atoms with Gasteiger partial charge in [-0.2, -0.15) is 0 Å². The molecule has 0 aliphatic heterocycles. The van der Waals surface area contributed by atoms with E-state index in [1.165, 1.54) is 4.88 Å². The summed E-state index contributed by atoms with van der Waals surface area (Å²) in [5, 5.41) is 0. The van der Waals surface area contributed by atoms with Crippen molar-refractivity contribution in [1.82, 2.24) is 0 Å². The molecule has 76 valence electrons. The number of hydrogen-bond donors (Lipinski definition) is 2. The van der Waals surface area contributed by atoms with Gasteiger partial charge in [-0.3, -0.25) is 0 Å². The summed E-state index contributed by atoms with van der Waals surface area (Å²) in [6, 6.07) is 4.25. The minimum absolute atomic E-state index is 0. The van der Waals surface area contributed by atoms with Crippen LogP contribution in [-0.4, -0.2) is 6.54 Å². The maximum absolute atomic E-state index is 5.93. The minimum atomic E-state index is 0. The number of halogens is 2. The Morgan fingerprint density at radius 1 is 1.46 bits per heavy atom. The molecule has 0 saturated carbocycles. The van der Waals surface area contributed by atoms with E-state index in [-0.39, 0.29) is 18.4 Å². The van der Waals surface area contributed by atoms with Gasteiger partial charge in [-0.05, 0) is 47.4 Å². The first-order valence-electron chi connectivity index (χ1n) is 3.95. The summed E-state index contributed by atoms with van der Waals surface area (Å²) < 4.78 is 1.14. The third-order valence-electron chi connectivity index (χ3n) is 1.68. The number of thiophene rings is 1. The first-order chi connectivity index (χ1) is 5.74. The molecule has 1 aromatic heterocycles. The van der Waals surface area contributed by atoms with Crippen LogP contribution in [0.4, 0.5) is 0 Å². The Kier molecular flexibility index (Phi) is 6.99. The lowest BCUT2D eigenvalue weighted by atomic mass is 10.1. The molecule has 0 unspecified atom stereocenters. The smallest absolute Gasteiger partial charge is 0.0701 e. The van der Waals surface area contributed by atoms with Gasteiger partial charge in [0.2, 0.25) is 0 Å². The summed E-state index contributed by atoms with van der Waals surface area (Å²) in [4.78, 5) is 1.23. The largest absolute Gasteiger partial charge is 0.330 e. The van der Waals surface area contributed by atoms with Crippen molar-refractivity contribution in [2.75, 3.05) is 6.54 Å². The zero-order chi connectivity index (χ0) is 8.97. The number of rotatable bonds is 4. The van der Waals surface area contributed by atoms with Gasteiger partial charge < -0.3 is 11.5 Å². The van der Waals surface area contributed by atoms with E-state index in [1.807, 2.05) is 6.07 Å². The maximum atomic E-state index is 5.93. The van der Waals surface area contributed by atoms with E-state index in [0.717, 1.165) is 23.2 Å². The molecule has 2 nitrogen and oxygen atoms in total. The van der Waals surface area contributed by atoms with Crippen molar-refractivity contribution in [3.05, 3.63) is 20.8 Å². The molecule has 1 aromatic rings.